The molecule has 1 aliphatic heterocycles. The number of hydrogen-bond acceptors (Lipinski definition) is 3. The quantitative estimate of drug-likeness (QED) is 0.673. The second kappa shape index (κ2) is 6.80. The normalized spacial score (nSPS) is 22.2. The van der Waals surface area contributed by atoms with Crippen LogP contribution in [0.25, 0.3) is 0 Å². The number of unbranched alkanes of at least 4 members (excludes halogenated alkanes) is 1. The molecule has 3 heteroatoms. The highest BCUT2D eigenvalue weighted by atomic mass is 15.1. The molecule has 0 radical (unpaired) electrons. The van der Waals surface area contributed by atoms with Crippen LogP contribution in [0.5, 0.6) is 0 Å². The van der Waals surface area contributed by atoms with E-state index in [1.165, 1.54) is 25.8 Å². The summed E-state index contributed by atoms with van der Waals surface area (Å²) >= 11 is 0. The molecular weight excluding hydrogens is 174 g/mol. The van der Waals surface area contributed by atoms with E-state index in [9.17, 15) is 0 Å². The van der Waals surface area contributed by atoms with E-state index < -0.39 is 0 Å². The molecule has 14 heavy (non-hydrogen) atoms. The lowest BCUT2D eigenvalue weighted by Gasteiger charge is -2.28. The van der Waals surface area contributed by atoms with Gasteiger partial charge in [0.25, 0.3) is 0 Å². The molecule has 1 atom stereocenters. The number of hydrogen-bond donors (Lipinski definition) is 1. The highest BCUT2D eigenvalue weighted by molar-refractivity contribution is 4.76. The van der Waals surface area contributed by atoms with Crippen molar-refractivity contribution >= 4 is 0 Å². The summed E-state index contributed by atoms with van der Waals surface area (Å²) in [7, 11) is 2.15. The molecule has 1 N–H and O–H groups in total. The Morgan fingerprint density at radius 3 is 3.00 bits per heavy atom. The van der Waals surface area contributed by atoms with Crippen LogP contribution < -0.4 is 5.32 Å². The first kappa shape index (κ1) is 11.5. The smallest absolute Gasteiger partial charge is 0.0622 e. The minimum Gasteiger partial charge on any atom is -0.313 e. The molecule has 0 aromatic heterocycles. The first-order valence-corrected chi connectivity index (χ1v) is 5.62. The van der Waals surface area contributed by atoms with E-state index >= 15 is 0 Å². The average Bonchev–Trinajstić information content (AvgIpc) is 2.20. The van der Waals surface area contributed by atoms with Crippen molar-refractivity contribution in [2.24, 2.45) is 0 Å². The first-order chi connectivity index (χ1) is 6.83. The predicted octanol–water partition coefficient (Wildman–Crippen LogP) is 1.36. The van der Waals surface area contributed by atoms with Gasteiger partial charge in [-0.3, -0.25) is 0 Å². The largest absolute Gasteiger partial charge is 0.313 e. The first-order valence-electron chi connectivity index (χ1n) is 5.62. The van der Waals surface area contributed by atoms with E-state index in [4.69, 9.17) is 5.26 Å². The number of nitrogens with one attached hydrogen (secondary N) is 1. The Labute approximate surface area is 87.1 Å². The van der Waals surface area contributed by atoms with Crippen LogP contribution in [0, 0.1) is 11.3 Å². The fourth-order valence-electron chi connectivity index (χ4n) is 1.98. The summed E-state index contributed by atoms with van der Waals surface area (Å²) in [5, 5.41) is 12.0. The van der Waals surface area contributed by atoms with Crippen molar-refractivity contribution in [2.45, 2.75) is 38.1 Å². The van der Waals surface area contributed by atoms with E-state index in [1.54, 1.807) is 0 Å². The van der Waals surface area contributed by atoms with Crippen LogP contribution in [0.15, 0.2) is 0 Å². The monoisotopic (exact) mass is 195 g/mol. The zero-order chi connectivity index (χ0) is 10.2. The van der Waals surface area contributed by atoms with Gasteiger partial charge in [0.2, 0.25) is 0 Å². The van der Waals surface area contributed by atoms with Gasteiger partial charge in [0.05, 0.1) is 6.07 Å². The van der Waals surface area contributed by atoms with Crippen molar-refractivity contribution in [3.63, 3.8) is 0 Å². The lowest BCUT2D eigenvalue weighted by molar-refractivity contribution is 0.261. The van der Waals surface area contributed by atoms with E-state index in [0.717, 1.165) is 19.5 Å². The summed E-state index contributed by atoms with van der Waals surface area (Å²) in [6.07, 6.45) is 5.68. The van der Waals surface area contributed by atoms with Crippen molar-refractivity contribution < 1.29 is 0 Å². The second-order valence-electron chi connectivity index (χ2n) is 4.17. The maximum absolute atomic E-state index is 8.42. The lowest BCUT2D eigenvalue weighted by atomic mass is 10.0. The van der Waals surface area contributed by atoms with Crippen LogP contribution in [0.2, 0.25) is 0 Å². The van der Waals surface area contributed by atoms with Gasteiger partial charge in [-0.25, -0.2) is 0 Å². The third kappa shape index (κ3) is 4.59. The minimum atomic E-state index is 0.677. The zero-order valence-electron chi connectivity index (χ0n) is 9.13. The Kier molecular flexibility index (Phi) is 5.58. The summed E-state index contributed by atoms with van der Waals surface area (Å²) in [6.45, 7) is 3.36. The summed E-state index contributed by atoms with van der Waals surface area (Å²) in [4.78, 5) is 2.33. The van der Waals surface area contributed by atoms with Gasteiger partial charge in [-0.1, -0.05) is 6.42 Å². The number of nitriles is 1. The number of nitrogens with zero attached hydrogens (tertiary/aromatic N) is 2. The van der Waals surface area contributed by atoms with Crippen LogP contribution in [0.3, 0.4) is 0 Å². The standard InChI is InChI=1S/C11H21N3/c1-14(9-5-3-7-12)10-11-6-2-4-8-13-11/h11,13H,2-6,8-10H2,1H3. The van der Waals surface area contributed by atoms with Crippen LogP contribution >= 0.6 is 0 Å². The maximum atomic E-state index is 8.42. The van der Waals surface area contributed by atoms with Crippen molar-refractivity contribution in [3.05, 3.63) is 0 Å². The van der Waals surface area contributed by atoms with E-state index in [1.807, 2.05) is 0 Å². The molecule has 1 rings (SSSR count). The van der Waals surface area contributed by atoms with Gasteiger partial charge in [-0.15, -0.1) is 0 Å². The SMILES string of the molecule is CN(CCCC#N)CC1CCCCN1. The fraction of sp³-hybridized carbons (Fsp3) is 0.909. The van der Waals surface area contributed by atoms with Gasteiger partial charge in [-0.05, 0) is 39.4 Å². The Morgan fingerprint density at radius 2 is 2.36 bits per heavy atom. The van der Waals surface area contributed by atoms with Crippen molar-refractivity contribution in [1.29, 1.82) is 5.26 Å². The van der Waals surface area contributed by atoms with E-state index in [2.05, 4.69) is 23.3 Å². The molecule has 3 nitrogen and oxygen atoms in total. The van der Waals surface area contributed by atoms with Gasteiger partial charge < -0.3 is 10.2 Å². The average molecular weight is 195 g/mol. The lowest BCUT2D eigenvalue weighted by Crippen LogP contribution is -2.42. The van der Waals surface area contributed by atoms with Crippen LogP contribution in [-0.4, -0.2) is 37.6 Å². The van der Waals surface area contributed by atoms with Crippen LogP contribution in [0.4, 0.5) is 0 Å². The molecule has 1 unspecified atom stereocenters. The maximum Gasteiger partial charge on any atom is 0.0622 e. The second-order valence-corrected chi connectivity index (χ2v) is 4.17. The molecule has 0 spiro atoms. The molecule has 0 bridgehead atoms. The molecule has 1 saturated heterocycles. The van der Waals surface area contributed by atoms with E-state index in [-0.39, 0.29) is 0 Å². The Bertz CT molecular complexity index is 179. The molecule has 0 aromatic carbocycles. The number of piperidine rings is 1. The van der Waals surface area contributed by atoms with E-state index in [0.29, 0.717) is 12.5 Å². The molecular formula is C11H21N3. The molecule has 0 amide bonds. The molecule has 0 saturated carbocycles. The van der Waals surface area contributed by atoms with Crippen molar-refractivity contribution in [1.82, 2.24) is 10.2 Å². The van der Waals surface area contributed by atoms with Gasteiger partial charge in [0.15, 0.2) is 0 Å². The van der Waals surface area contributed by atoms with Crippen LogP contribution in [-0.2, 0) is 0 Å². The van der Waals surface area contributed by atoms with Crippen molar-refractivity contribution in [3.8, 4) is 6.07 Å². The third-order valence-corrected chi connectivity index (χ3v) is 2.77. The predicted molar refractivity (Wildman–Crippen MR) is 58.0 cm³/mol. The fourth-order valence-corrected chi connectivity index (χ4v) is 1.98. The molecule has 1 heterocycles. The molecule has 1 fully saturated rings. The molecule has 0 aromatic rings. The number of rotatable bonds is 5. The highest BCUT2D eigenvalue weighted by Crippen LogP contribution is 2.08. The summed E-state index contributed by atoms with van der Waals surface area (Å²) < 4.78 is 0. The topological polar surface area (TPSA) is 39.1 Å². The summed E-state index contributed by atoms with van der Waals surface area (Å²) in [5.74, 6) is 0. The molecule has 80 valence electrons. The van der Waals surface area contributed by atoms with Crippen molar-refractivity contribution in [2.75, 3.05) is 26.7 Å². The van der Waals surface area contributed by atoms with Crippen LogP contribution in [0.1, 0.15) is 32.1 Å². The minimum absolute atomic E-state index is 0.677. The van der Waals surface area contributed by atoms with Gasteiger partial charge in [0, 0.05) is 19.0 Å². The Hall–Kier alpha value is -0.590. The highest BCUT2D eigenvalue weighted by Gasteiger charge is 2.13. The molecule has 1 aliphatic rings. The summed E-state index contributed by atoms with van der Waals surface area (Å²) in [5.41, 5.74) is 0. The Morgan fingerprint density at radius 1 is 1.50 bits per heavy atom. The van der Waals surface area contributed by atoms with Gasteiger partial charge in [0.1, 0.15) is 0 Å². The molecule has 0 aliphatic carbocycles. The Balaban J connectivity index is 2.06. The third-order valence-electron chi connectivity index (χ3n) is 2.77. The zero-order valence-corrected chi connectivity index (χ0v) is 9.13. The van der Waals surface area contributed by atoms with Gasteiger partial charge >= 0.3 is 0 Å². The number of likely N-dealkylation sites (N-methyl/N-ethyl adjacent to an activating group) is 1. The van der Waals surface area contributed by atoms with Gasteiger partial charge in [-0.2, -0.15) is 5.26 Å². The summed E-state index contributed by atoms with van der Waals surface area (Å²) in [6, 6.07) is 2.86.